The smallest absolute Gasteiger partial charge is 0.383 e. The topological polar surface area (TPSA) is 46.2 Å². The summed E-state index contributed by atoms with van der Waals surface area (Å²) in [5, 5.41) is 9.70. The summed E-state index contributed by atoms with van der Waals surface area (Å²) in [4.78, 5) is 0. The van der Waals surface area contributed by atoms with E-state index in [4.69, 9.17) is 5.73 Å². The molecule has 2 unspecified atom stereocenters. The molecule has 3 N–H and O–H groups in total. The largest absolute Gasteiger partial charge is 0.416 e. The summed E-state index contributed by atoms with van der Waals surface area (Å²) in [5.74, 6) is -1.08. The Morgan fingerprint density at radius 2 is 1.94 bits per heavy atom. The highest BCUT2D eigenvalue weighted by atomic mass is 19.4. The molecule has 0 saturated heterocycles. The van der Waals surface area contributed by atoms with Crippen LogP contribution in [0, 0.1) is 5.82 Å². The molecule has 16 heavy (non-hydrogen) atoms. The summed E-state index contributed by atoms with van der Waals surface area (Å²) in [7, 11) is 0. The summed E-state index contributed by atoms with van der Waals surface area (Å²) in [6.07, 6.45) is -4.43. The van der Waals surface area contributed by atoms with Crippen LogP contribution in [0.4, 0.5) is 17.6 Å². The van der Waals surface area contributed by atoms with Gasteiger partial charge >= 0.3 is 6.18 Å². The number of halogens is 4. The number of alkyl halides is 3. The molecule has 1 saturated carbocycles. The molecule has 88 valence electrons. The average molecular weight is 235 g/mol. The minimum Gasteiger partial charge on any atom is -0.383 e. The summed E-state index contributed by atoms with van der Waals surface area (Å²) in [5.41, 5.74) is 2.63. The molecule has 0 radical (unpaired) electrons. The van der Waals surface area contributed by atoms with Crippen molar-refractivity contribution in [3.63, 3.8) is 0 Å². The van der Waals surface area contributed by atoms with E-state index in [1.165, 1.54) is 0 Å². The molecular weight excluding hydrogens is 226 g/mol. The van der Waals surface area contributed by atoms with Crippen molar-refractivity contribution >= 4 is 0 Å². The van der Waals surface area contributed by atoms with E-state index in [0.29, 0.717) is 6.07 Å². The van der Waals surface area contributed by atoms with E-state index in [1.54, 1.807) is 0 Å². The molecule has 1 aliphatic carbocycles. The fourth-order valence-corrected chi connectivity index (χ4v) is 1.63. The van der Waals surface area contributed by atoms with Gasteiger partial charge in [-0.25, -0.2) is 4.39 Å². The van der Waals surface area contributed by atoms with E-state index in [1.807, 2.05) is 0 Å². The second kappa shape index (κ2) is 3.18. The van der Waals surface area contributed by atoms with Crippen LogP contribution in [0.25, 0.3) is 0 Å². The molecular formula is C10H9F4NO. The first-order chi connectivity index (χ1) is 7.25. The highest BCUT2D eigenvalue weighted by molar-refractivity contribution is 5.36. The van der Waals surface area contributed by atoms with E-state index in [2.05, 4.69) is 0 Å². The number of nitrogens with two attached hydrogens (primary N) is 1. The van der Waals surface area contributed by atoms with E-state index < -0.39 is 29.2 Å². The molecule has 6 heteroatoms. The molecule has 2 rings (SSSR count). The summed E-state index contributed by atoms with van der Waals surface area (Å²) >= 11 is 0. The highest BCUT2D eigenvalue weighted by Gasteiger charge is 2.53. The van der Waals surface area contributed by atoms with Crippen molar-refractivity contribution < 1.29 is 22.7 Å². The summed E-state index contributed by atoms with van der Waals surface area (Å²) < 4.78 is 50.1. The first-order valence-corrected chi connectivity index (χ1v) is 4.60. The number of benzene rings is 1. The number of rotatable bonds is 1. The zero-order valence-electron chi connectivity index (χ0n) is 8.05. The lowest BCUT2D eigenvalue weighted by molar-refractivity contribution is -0.137. The van der Waals surface area contributed by atoms with Gasteiger partial charge in [0.1, 0.15) is 11.4 Å². The maximum Gasteiger partial charge on any atom is 0.416 e. The van der Waals surface area contributed by atoms with Gasteiger partial charge in [-0.05, 0) is 12.1 Å². The predicted molar refractivity (Wildman–Crippen MR) is 47.9 cm³/mol. The van der Waals surface area contributed by atoms with Crippen molar-refractivity contribution in [1.82, 2.24) is 0 Å². The Kier molecular flexibility index (Phi) is 2.25. The SMILES string of the molecule is NC1CC1(O)c1ccc(C(F)(F)F)cc1F. The maximum atomic E-state index is 13.4. The Morgan fingerprint density at radius 1 is 1.38 bits per heavy atom. The normalized spacial score (nSPS) is 29.2. The molecule has 0 heterocycles. The maximum absolute atomic E-state index is 13.4. The zero-order chi connectivity index (χ0) is 12.1. The van der Waals surface area contributed by atoms with E-state index in [0.717, 1.165) is 12.1 Å². The number of aliphatic hydroxyl groups is 1. The molecule has 2 nitrogen and oxygen atoms in total. The van der Waals surface area contributed by atoms with Crippen molar-refractivity contribution in [2.24, 2.45) is 5.73 Å². The van der Waals surface area contributed by atoms with Gasteiger partial charge in [0.05, 0.1) is 5.56 Å². The van der Waals surface area contributed by atoms with Crippen LogP contribution in [0.2, 0.25) is 0 Å². The third-order valence-electron chi connectivity index (χ3n) is 2.75. The van der Waals surface area contributed by atoms with Crippen LogP contribution in [-0.4, -0.2) is 11.1 Å². The van der Waals surface area contributed by atoms with Crippen LogP contribution >= 0.6 is 0 Å². The molecule has 0 aromatic heterocycles. The quantitative estimate of drug-likeness (QED) is 0.728. The Morgan fingerprint density at radius 3 is 2.31 bits per heavy atom. The van der Waals surface area contributed by atoms with Crippen molar-refractivity contribution in [2.45, 2.75) is 24.2 Å². The third-order valence-corrected chi connectivity index (χ3v) is 2.75. The predicted octanol–water partition coefficient (Wildman–Crippen LogP) is 1.76. The first-order valence-electron chi connectivity index (χ1n) is 4.60. The van der Waals surface area contributed by atoms with Crippen molar-refractivity contribution in [3.8, 4) is 0 Å². The summed E-state index contributed by atoms with van der Waals surface area (Å²) in [6, 6.07) is 1.43. The van der Waals surface area contributed by atoms with Crippen LogP contribution in [0.3, 0.4) is 0 Å². The standard InChI is InChI=1S/C10H9F4NO/c11-7-3-5(10(12,13)14)1-2-6(7)9(16)4-8(9)15/h1-3,8,16H,4,15H2. The van der Waals surface area contributed by atoms with Gasteiger partial charge in [-0.15, -0.1) is 0 Å². The van der Waals surface area contributed by atoms with Crippen LogP contribution < -0.4 is 5.73 Å². The molecule has 0 aliphatic heterocycles. The molecule has 0 bridgehead atoms. The number of hydrogen-bond acceptors (Lipinski definition) is 2. The highest BCUT2D eigenvalue weighted by Crippen LogP contribution is 2.45. The van der Waals surface area contributed by atoms with Gasteiger partial charge in [0, 0.05) is 18.0 Å². The first kappa shape index (κ1) is 11.3. The second-order valence-corrected chi connectivity index (χ2v) is 3.93. The molecule has 1 aliphatic rings. The fourth-order valence-electron chi connectivity index (χ4n) is 1.63. The van der Waals surface area contributed by atoms with Crippen molar-refractivity contribution in [3.05, 3.63) is 35.1 Å². The Labute approximate surface area is 88.7 Å². The van der Waals surface area contributed by atoms with E-state index in [9.17, 15) is 22.7 Å². The van der Waals surface area contributed by atoms with Gasteiger partial charge in [0.2, 0.25) is 0 Å². The molecule has 1 aromatic rings. The summed E-state index contributed by atoms with van der Waals surface area (Å²) in [6.45, 7) is 0. The van der Waals surface area contributed by atoms with Gasteiger partial charge in [0.25, 0.3) is 0 Å². The minimum atomic E-state index is -4.59. The Bertz CT molecular complexity index is 431. The molecule has 2 atom stereocenters. The lowest BCUT2D eigenvalue weighted by Crippen LogP contribution is -2.19. The molecule has 1 aromatic carbocycles. The Hall–Kier alpha value is -1.14. The van der Waals surface area contributed by atoms with Crippen molar-refractivity contribution in [1.29, 1.82) is 0 Å². The van der Waals surface area contributed by atoms with Crippen LogP contribution in [0.5, 0.6) is 0 Å². The van der Waals surface area contributed by atoms with Gasteiger partial charge in [-0.1, -0.05) is 6.07 Å². The van der Waals surface area contributed by atoms with Gasteiger partial charge in [-0.3, -0.25) is 0 Å². The van der Waals surface area contributed by atoms with E-state index >= 15 is 0 Å². The van der Waals surface area contributed by atoms with Gasteiger partial charge < -0.3 is 10.8 Å². The fraction of sp³-hybridized carbons (Fsp3) is 0.400. The zero-order valence-corrected chi connectivity index (χ0v) is 8.05. The lowest BCUT2D eigenvalue weighted by atomic mass is 10.0. The third kappa shape index (κ3) is 1.68. The monoisotopic (exact) mass is 235 g/mol. The molecule has 0 amide bonds. The van der Waals surface area contributed by atoms with Crippen LogP contribution in [-0.2, 0) is 11.8 Å². The minimum absolute atomic E-state index is 0.162. The van der Waals surface area contributed by atoms with Gasteiger partial charge in [-0.2, -0.15) is 13.2 Å². The van der Waals surface area contributed by atoms with Crippen LogP contribution in [0.1, 0.15) is 17.5 Å². The lowest BCUT2D eigenvalue weighted by Gasteiger charge is -2.13. The Balaban J connectivity index is 2.39. The van der Waals surface area contributed by atoms with Crippen molar-refractivity contribution in [2.75, 3.05) is 0 Å². The molecule has 0 spiro atoms. The number of hydrogen-bond donors (Lipinski definition) is 2. The molecule has 1 fully saturated rings. The van der Waals surface area contributed by atoms with Crippen LogP contribution in [0.15, 0.2) is 18.2 Å². The van der Waals surface area contributed by atoms with Gasteiger partial charge in [0.15, 0.2) is 0 Å². The van der Waals surface area contributed by atoms with E-state index in [-0.39, 0.29) is 12.0 Å². The average Bonchev–Trinajstić information content (AvgIpc) is 2.73. The second-order valence-electron chi connectivity index (χ2n) is 3.93.